The van der Waals surface area contributed by atoms with Crippen molar-refractivity contribution in [2.75, 3.05) is 0 Å². The maximum absolute atomic E-state index is 13.1. The number of ether oxygens (including phenoxy) is 3. The van der Waals surface area contributed by atoms with Crippen molar-refractivity contribution in [3.8, 4) is 0 Å². The van der Waals surface area contributed by atoms with Gasteiger partial charge in [0, 0.05) is 25.7 Å². The van der Waals surface area contributed by atoms with Gasteiger partial charge in [-0.05, 0) is 59.0 Å². The van der Waals surface area contributed by atoms with Crippen LogP contribution >= 0.6 is 0 Å². The van der Waals surface area contributed by atoms with E-state index < -0.39 is 23.1 Å². The molecule has 0 unspecified atom stereocenters. The van der Waals surface area contributed by atoms with Crippen molar-refractivity contribution in [3.05, 3.63) is 11.1 Å². The zero-order chi connectivity index (χ0) is 20.9. The first-order valence-corrected chi connectivity index (χ1v) is 10.4. The van der Waals surface area contributed by atoms with E-state index in [1.165, 1.54) is 6.92 Å². The average molecular weight is 395 g/mol. The first-order chi connectivity index (χ1) is 12.9. The molecule has 28 heavy (non-hydrogen) atoms. The molecule has 6 atom stereocenters. The molecule has 3 fully saturated rings. The molecule has 3 saturated heterocycles. The van der Waals surface area contributed by atoms with E-state index in [0.717, 1.165) is 17.6 Å². The summed E-state index contributed by atoms with van der Waals surface area (Å²) in [6.45, 7) is 11.1. The Morgan fingerprint density at radius 3 is 2.43 bits per heavy atom. The summed E-state index contributed by atoms with van der Waals surface area (Å²) < 4.78 is 17.6. The molecule has 3 heterocycles. The highest BCUT2D eigenvalue weighted by molar-refractivity contribution is 6.01. The predicted molar refractivity (Wildman–Crippen MR) is 104 cm³/mol. The van der Waals surface area contributed by atoms with Crippen LogP contribution in [-0.4, -0.2) is 46.1 Å². The van der Waals surface area contributed by atoms with Crippen LogP contribution in [0.5, 0.6) is 0 Å². The molecule has 2 bridgehead atoms. The zero-order valence-electron chi connectivity index (χ0n) is 18.0. The number of esters is 1. The van der Waals surface area contributed by atoms with Gasteiger partial charge in [-0.2, -0.15) is 0 Å². The number of allylic oxidation sites excluding steroid dienone is 1. The van der Waals surface area contributed by atoms with E-state index in [9.17, 15) is 14.7 Å². The van der Waals surface area contributed by atoms with Gasteiger partial charge in [0.1, 0.15) is 17.3 Å². The van der Waals surface area contributed by atoms with Gasteiger partial charge in [0.15, 0.2) is 11.6 Å². The Morgan fingerprint density at radius 1 is 1.14 bits per heavy atom. The quantitative estimate of drug-likeness (QED) is 0.416. The summed E-state index contributed by atoms with van der Waals surface area (Å²) in [6, 6.07) is 0. The number of Topliss-reactive ketones (excluding diaryl/α,β-unsaturated/α-hetero) is 1. The highest BCUT2D eigenvalue weighted by Gasteiger charge is 2.60. The van der Waals surface area contributed by atoms with E-state index in [4.69, 9.17) is 14.2 Å². The maximum Gasteiger partial charge on any atom is 0.303 e. The second-order valence-electron chi connectivity index (χ2n) is 9.62. The van der Waals surface area contributed by atoms with Gasteiger partial charge in [0.25, 0.3) is 0 Å². The van der Waals surface area contributed by atoms with E-state index in [1.54, 1.807) is 0 Å². The summed E-state index contributed by atoms with van der Waals surface area (Å²) in [4.78, 5) is 24.8. The number of carbonyl (C=O) groups is 2. The topological polar surface area (TPSA) is 85.4 Å². The molecule has 1 N–H and O–H groups in total. The summed E-state index contributed by atoms with van der Waals surface area (Å²) in [7, 11) is 0. The average Bonchev–Trinajstić information content (AvgIpc) is 3.13. The lowest BCUT2D eigenvalue weighted by atomic mass is 9.83. The molecule has 0 aromatic heterocycles. The van der Waals surface area contributed by atoms with Gasteiger partial charge in [-0.15, -0.1) is 0 Å². The van der Waals surface area contributed by atoms with E-state index in [0.29, 0.717) is 32.1 Å². The van der Waals surface area contributed by atoms with Gasteiger partial charge in [-0.3, -0.25) is 9.59 Å². The second kappa shape index (κ2) is 7.22. The van der Waals surface area contributed by atoms with Crippen molar-refractivity contribution in [3.63, 3.8) is 0 Å². The molecule has 3 aliphatic heterocycles. The first-order valence-electron chi connectivity index (χ1n) is 10.4. The van der Waals surface area contributed by atoms with Crippen LogP contribution in [-0.2, 0) is 23.8 Å². The molecule has 6 nitrogen and oxygen atoms in total. The zero-order valence-corrected chi connectivity index (χ0v) is 18.0. The van der Waals surface area contributed by atoms with Crippen molar-refractivity contribution in [1.29, 1.82) is 0 Å². The Kier molecular flexibility index (Phi) is 5.54. The van der Waals surface area contributed by atoms with E-state index in [1.807, 2.05) is 34.6 Å². The van der Waals surface area contributed by atoms with Crippen molar-refractivity contribution < 1.29 is 28.9 Å². The minimum absolute atomic E-state index is 0.0215. The highest BCUT2D eigenvalue weighted by atomic mass is 16.6. The summed E-state index contributed by atoms with van der Waals surface area (Å²) in [5.41, 5.74) is 0.406. The smallest absolute Gasteiger partial charge is 0.303 e. The van der Waals surface area contributed by atoms with Crippen LogP contribution in [0.4, 0.5) is 0 Å². The van der Waals surface area contributed by atoms with Gasteiger partial charge < -0.3 is 19.3 Å². The van der Waals surface area contributed by atoms with Crippen molar-refractivity contribution in [2.24, 2.45) is 5.92 Å². The number of epoxide rings is 1. The molecule has 0 amide bonds. The molecule has 0 saturated carbocycles. The lowest BCUT2D eigenvalue weighted by Crippen LogP contribution is -2.39. The predicted octanol–water partition coefficient (Wildman–Crippen LogP) is 3.45. The summed E-state index contributed by atoms with van der Waals surface area (Å²) in [6.07, 6.45) is 2.57. The molecule has 0 aliphatic carbocycles. The van der Waals surface area contributed by atoms with E-state index >= 15 is 0 Å². The molecular weight excluding hydrogens is 360 g/mol. The normalized spacial score (nSPS) is 44.0. The molecule has 3 aliphatic rings. The third kappa shape index (κ3) is 4.19. The molecule has 158 valence electrons. The number of hydrogen-bond donors (Lipinski definition) is 1. The van der Waals surface area contributed by atoms with Crippen LogP contribution in [0, 0.1) is 5.92 Å². The van der Waals surface area contributed by atoms with Crippen LogP contribution in [0.25, 0.3) is 0 Å². The fraction of sp³-hybridized carbons (Fsp3) is 0.818. The number of carbonyl (C=O) groups excluding carboxylic acids is 2. The second-order valence-corrected chi connectivity index (χ2v) is 9.62. The van der Waals surface area contributed by atoms with E-state index in [-0.39, 0.29) is 23.8 Å². The van der Waals surface area contributed by atoms with Gasteiger partial charge in [-0.1, -0.05) is 12.5 Å². The number of fused-ring (bicyclic) bond motifs is 3. The summed E-state index contributed by atoms with van der Waals surface area (Å²) >= 11 is 0. The number of rotatable bonds is 1. The number of ketones is 1. The largest absolute Gasteiger partial charge is 0.460 e. The number of aliphatic hydroxyl groups is 1. The minimum Gasteiger partial charge on any atom is -0.460 e. The van der Waals surface area contributed by atoms with Gasteiger partial charge in [0.2, 0.25) is 0 Å². The van der Waals surface area contributed by atoms with Crippen LogP contribution in [0.2, 0.25) is 0 Å². The van der Waals surface area contributed by atoms with Crippen molar-refractivity contribution in [2.45, 2.75) is 109 Å². The lowest BCUT2D eigenvalue weighted by Gasteiger charge is -2.34. The maximum atomic E-state index is 13.1. The summed E-state index contributed by atoms with van der Waals surface area (Å²) in [5, 5.41) is 11.1. The Labute approximate surface area is 167 Å². The van der Waals surface area contributed by atoms with Crippen LogP contribution in [0.15, 0.2) is 11.1 Å². The van der Waals surface area contributed by atoms with Crippen LogP contribution in [0.3, 0.4) is 0 Å². The van der Waals surface area contributed by atoms with Crippen molar-refractivity contribution >= 4 is 11.8 Å². The van der Waals surface area contributed by atoms with E-state index in [2.05, 4.69) is 0 Å². The molecular formula is C22H34O6. The van der Waals surface area contributed by atoms with Gasteiger partial charge in [0.05, 0.1) is 6.10 Å². The Balaban J connectivity index is 1.92. The minimum atomic E-state index is -1.25. The first kappa shape index (κ1) is 21.5. The number of hydrogen-bond acceptors (Lipinski definition) is 6. The Morgan fingerprint density at radius 2 is 1.82 bits per heavy atom. The van der Waals surface area contributed by atoms with Crippen LogP contribution < -0.4 is 0 Å². The SMILES string of the molecule is CC(=O)O[C@]1(C)CCC(=C(C)C)C(=O)[C@@H]2O[C@@]2(C)C[C@H]2C[C@H](C)[C@@](O)(CC1)O2. The van der Waals surface area contributed by atoms with Gasteiger partial charge in [-0.25, -0.2) is 0 Å². The van der Waals surface area contributed by atoms with Gasteiger partial charge >= 0.3 is 5.97 Å². The fourth-order valence-corrected chi connectivity index (χ4v) is 4.82. The van der Waals surface area contributed by atoms with Crippen LogP contribution in [0.1, 0.15) is 80.1 Å². The molecule has 0 spiro atoms. The molecule has 0 aromatic carbocycles. The molecule has 0 radical (unpaired) electrons. The standard InChI is InChI=1S/C22H34O6/c1-13(2)17-7-8-20(5,26-15(4)23)9-10-22(25)14(3)11-16(27-22)12-21(6)19(28-21)18(17)24/h14,16,19,25H,7-12H2,1-6H3/t14-,16+,19-,20+,21-,22+/m0/s1. The summed E-state index contributed by atoms with van der Waals surface area (Å²) in [5.74, 6) is -1.62. The highest BCUT2D eigenvalue weighted by Crippen LogP contribution is 2.49. The third-order valence-corrected chi connectivity index (χ3v) is 6.72. The Hall–Kier alpha value is -1.24. The Bertz CT molecular complexity index is 695. The van der Waals surface area contributed by atoms with Crippen molar-refractivity contribution in [1.82, 2.24) is 0 Å². The monoisotopic (exact) mass is 394 g/mol. The lowest BCUT2D eigenvalue weighted by molar-refractivity contribution is -0.222. The molecule has 0 aromatic rings. The molecule has 3 rings (SSSR count). The third-order valence-electron chi connectivity index (χ3n) is 6.72. The fourth-order valence-electron chi connectivity index (χ4n) is 4.82. The molecule has 6 heteroatoms.